The number of hydrogen-bond acceptors (Lipinski definition) is 2. The number of nitrogens with one attached hydrogen (secondary N) is 1. The summed E-state index contributed by atoms with van der Waals surface area (Å²) in [7, 11) is 0. The van der Waals surface area contributed by atoms with Crippen LogP contribution in [0.4, 0.5) is 0 Å². The van der Waals surface area contributed by atoms with Gasteiger partial charge in [-0.1, -0.05) is 6.07 Å². The lowest BCUT2D eigenvalue weighted by Crippen LogP contribution is -2.29. The van der Waals surface area contributed by atoms with Gasteiger partial charge in [0.15, 0.2) is 0 Å². The van der Waals surface area contributed by atoms with Gasteiger partial charge in [-0.05, 0) is 45.0 Å². The number of aromatic nitrogens is 1. The van der Waals surface area contributed by atoms with Crippen molar-refractivity contribution < 1.29 is 6.22 Å². The largest absolute Gasteiger partial charge is 0.350 e. The van der Waals surface area contributed by atoms with E-state index in [-0.39, 0.29) is 13.4 Å². The molecule has 0 bridgehead atoms. The number of rotatable bonds is 2. The Labute approximate surface area is 102 Å². The van der Waals surface area contributed by atoms with Gasteiger partial charge in [-0.3, -0.25) is 9.78 Å². The van der Waals surface area contributed by atoms with Crippen LogP contribution in [0, 0.1) is 6.92 Å². The van der Waals surface area contributed by atoms with Gasteiger partial charge in [-0.25, -0.2) is 0 Å². The molecule has 3 nitrogen and oxygen atoms in total. The smallest absolute Gasteiger partial charge is 0.251 e. The molecule has 0 fully saturated rings. The first kappa shape index (κ1) is 11.6. The summed E-state index contributed by atoms with van der Waals surface area (Å²) in [5.74, 6) is -0.0394. The zero-order chi connectivity index (χ0) is 12.4. The fraction of sp³-hybridized carbons (Fsp3) is 0.286. The van der Waals surface area contributed by atoms with Crippen molar-refractivity contribution in [3.05, 3.63) is 41.6 Å². The third-order valence-electron chi connectivity index (χ3n) is 2.51. The summed E-state index contributed by atoms with van der Waals surface area (Å²) in [4.78, 5) is 16.2. The Balaban J connectivity index is 0.00000162. The lowest BCUT2D eigenvalue weighted by Gasteiger charge is -2.08. The first-order chi connectivity index (χ1) is 8.06. The van der Waals surface area contributed by atoms with Gasteiger partial charge >= 0.3 is 0 Å². The molecule has 3 heteroatoms. The van der Waals surface area contributed by atoms with E-state index in [1.807, 2.05) is 51.1 Å². The van der Waals surface area contributed by atoms with Crippen LogP contribution in [0.5, 0.6) is 0 Å². The van der Waals surface area contributed by atoms with Crippen LogP contribution >= 0.6 is 0 Å². The SMILES string of the molecule is Cc1ccc2cc(C(=O)NC(C)C)ccc2n1.[HH]. The van der Waals surface area contributed by atoms with Gasteiger partial charge in [0.2, 0.25) is 0 Å². The topological polar surface area (TPSA) is 42.0 Å². The fourth-order valence-electron chi connectivity index (χ4n) is 1.71. The Kier molecular flexibility index (Phi) is 3.09. The van der Waals surface area contributed by atoms with Gasteiger partial charge in [-0.2, -0.15) is 0 Å². The van der Waals surface area contributed by atoms with Crippen molar-refractivity contribution in [3.63, 3.8) is 0 Å². The Morgan fingerprint density at radius 2 is 2.06 bits per heavy atom. The van der Waals surface area contributed by atoms with Gasteiger partial charge in [0.25, 0.3) is 5.91 Å². The van der Waals surface area contributed by atoms with Crippen LogP contribution < -0.4 is 5.32 Å². The maximum Gasteiger partial charge on any atom is 0.251 e. The number of carbonyl (C=O) groups is 1. The second kappa shape index (κ2) is 4.53. The highest BCUT2D eigenvalue weighted by Crippen LogP contribution is 2.14. The summed E-state index contributed by atoms with van der Waals surface area (Å²) >= 11 is 0. The van der Waals surface area contributed by atoms with E-state index >= 15 is 0 Å². The van der Waals surface area contributed by atoms with E-state index in [9.17, 15) is 4.79 Å². The van der Waals surface area contributed by atoms with E-state index < -0.39 is 0 Å². The zero-order valence-corrected chi connectivity index (χ0v) is 10.3. The van der Waals surface area contributed by atoms with Crippen molar-refractivity contribution in [1.29, 1.82) is 0 Å². The number of hydrogen-bond donors (Lipinski definition) is 1. The molecule has 1 aromatic heterocycles. The highest BCUT2D eigenvalue weighted by molar-refractivity contribution is 5.98. The van der Waals surface area contributed by atoms with Crippen molar-refractivity contribution in [2.24, 2.45) is 0 Å². The Bertz CT molecular complexity index is 567. The van der Waals surface area contributed by atoms with Crippen LogP contribution in [0.1, 0.15) is 31.3 Å². The number of benzene rings is 1. The van der Waals surface area contributed by atoms with Crippen LogP contribution in [0.25, 0.3) is 10.9 Å². The first-order valence-electron chi connectivity index (χ1n) is 5.74. The quantitative estimate of drug-likeness (QED) is 0.861. The third-order valence-corrected chi connectivity index (χ3v) is 2.51. The van der Waals surface area contributed by atoms with Crippen molar-refractivity contribution >= 4 is 16.8 Å². The van der Waals surface area contributed by atoms with E-state index in [1.165, 1.54) is 0 Å². The molecule has 0 aliphatic rings. The Morgan fingerprint density at radius 3 is 2.76 bits per heavy atom. The molecule has 1 heterocycles. The highest BCUT2D eigenvalue weighted by Gasteiger charge is 2.07. The number of aryl methyl sites for hydroxylation is 1. The van der Waals surface area contributed by atoms with Crippen molar-refractivity contribution in [3.8, 4) is 0 Å². The first-order valence-corrected chi connectivity index (χ1v) is 5.74. The predicted molar refractivity (Wildman–Crippen MR) is 71.2 cm³/mol. The number of carbonyl (C=O) groups excluding carboxylic acids is 1. The summed E-state index contributed by atoms with van der Waals surface area (Å²) in [5.41, 5.74) is 2.58. The lowest BCUT2D eigenvalue weighted by atomic mass is 10.1. The van der Waals surface area contributed by atoms with Gasteiger partial charge in [0, 0.05) is 24.1 Å². The summed E-state index contributed by atoms with van der Waals surface area (Å²) in [5, 5.41) is 3.87. The number of amides is 1. The molecule has 17 heavy (non-hydrogen) atoms. The standard InChI is InChI=1S/C14H16N2O.H2/c1-9(2)15-14(17)12-6-7-13-11(8-12)5-4-10(3)16-13;/h4-9H,1-3H3,(H,15,17);1H. The van der Waals surface area contributed by atoms with Crippen LogP contribution in [-0.2, 0) is 0 Å². The summed E-state index contributed by atoms with van der Waals surface area (Å²) < 4.78 is 0. The minimum absolute atomic E-state index is 0. The van der Waals surface area contributed by atoms with E-state index in [1.54, 1.807) is 0 Å². The molecule has 0 saturated heterocycles. The molecule has 0 aliphatic heterocycles. The molecule has 0 unspecified atom stereocenters. The molecule has 2 aromatic rings. The molecule has 0 radical (unpaired) electrons. The molecule has 1 aromatic carbocycles. The maximum absolute atomic E-state index is 11.8. The Morgan fingerprint density at radius 1 is 1.29 bits per heavy atom. The molecule has 0 atom stereocenters. The minimum atomic E-state index is -0.0394. The molecule has 0 aliphatic carbocycles. The fourth-order valence-corrected chi connectivity index (χ4v) is 1.71. The van der Waals surface area contributed by atoms with Crippen molar-refractivity contribution in [2.45, 2.75) is 26.8 Å². The van der Waals surface area contributed by atoms with E-state index in [4.69, 9.17) is 0 Å². The Hall–Kier alpha value is -1.90. The molecular formula is C14H18N2O. The van der Waals surface area contributed by atoms with Crippen molar-refractivity contribution in [1.82, 2.24) is 10.3 Å². The van der Waals surface area contributed by atoms with E-state index in [0.717, 1.165) is 16.6 Å². The van der Waals surface area contributed by atoms with E-state index in [0.29, 0.717) is 5.56 Å². The molecular weight excluding hydrogens is 212 g/mol. The minimum Gasteiger partial charge on any atom is -0.350 e. The molecule has 2 rings (SSSR count). The van der Waals surface area contributed by atoms with E-state index in [2.05, 4.69) is 10.3 Å². The van der Waals surface area contributed by atoms with Crippen LogP contribution in [-0.4, -0.2) is 16.9 Å². The van der Waals surface area contributed by atoms with Gasteiger partial charge in [0.05, 0.1) is 5.52 Å². The van der Waals surface area contributed by atoms with Crippen LogP contribution in [0.15, 0.2) is 30.3 Å². The normalized spacial score (nSPS) is 10.8. The number of pyridine rings is 1. The van der Waals surface area contributed by atoms with Crippen molar-refractivity contribution in [2.75, 3.05) is 0 Å². The number of nitrogens with zero attached hydrogens (tertiary/aromatic N) is 1. The van der Waals surface area contributed by atoms with Crippen LogP contribution in [0.3, 0.4) is 0 Å². The second-order valence-corrected chi connectivity index (χ2v) is 4.49. The molecule has 1 N–H and O–H groups in total. The summed E-state index contributed by atoms with van der Waals surface area (Å²) in [6, 6.07) is 9.66. The van der Waals surface area contributed by atoms with Gasteiger partial charge in [0.1, 0.15) is 0 Å². The molecule has 90 valence electrons. The number of fused-ring (bicyclic) bond motifs is 1. The lowest BCUT2D eigenvalue weighted by molar-refractivity contribution is 0.0943. The second-order valence-electron chi connectivity index (χ2n) is 4.49. The maximum atomic E-state index is 11.8. The highest BCUT2D eigenvalue weighted by atomic mass is 16.1. The summed E-state index contributed by atoms with van der Waals surface area (Å²) in [6.45, 7) is 5.85. The molecule has 1 amide bonds. The van der Waals surface area contributed by atoms with Gasteiger partial charge in [-0.15, -0.1) is 0 Å². The average molecular weight is 230 g/mol. The predicted octanol–water partition coefficient (Wildman–Crippen LogP) is 2.93. The molecule has 0 saturated carbocycles. The van der Waals surface area contributed by atoms with Crippen LogP contribution in [0.2, 0.25) is 0 Å². The zero-order valence-electron chi connectivity index (χ0n) is 10.3. The monoisotopic (exact) mass is 230 g/mol. The molecule has 0 spiro atoms. The average Bonchev–Trinajstić information content (AvgIpc) is 2.27. The summed E-state index contributed by atoms with van der Waals surface area (Å²) in [6.07, 6.45) is 0. The third kappa shape index (κ3) is 2.61. The van der Waals surface area contributed by atoms with Gasteiger partial charge < -0.3 is 5.32 Å².